The van der Waals surface area contributed by atoms with E-state index in [1.54, 1.807) is 0 Å². The Morgan fingerprint density at radius 3 is 2.46 bits per heavy atom. The molecule has 1 saturated carbocycles. The van der Waals surface area contributed by atoms with Crippen LogP contribution in [0.2, 0.25) is 0 Å². The lowest BCUT2D eigenvalue weighted by molar-refractivity contribution is -0.121. The van der Waals surface area contributed by atoms with E-state index in [4.69, 9.17) is 4.74 Å². The molecule has 5 heteroatoms. The number of nitrogens with zero attached hydrogens (tertiary/aromatic N) is 1. The molecule has 196 valence electrons. The van der Waals surface area contributed by atoms with Crippen molar-refractivity contribution in [1.29, 1.82) is 0 Å². The van der Waals surface area contributed by atoms with E-state index in [-0.39, 0.29) is 17.6 Å². The van der Waals surface area contributed by atoms with Gasteiger partial charge in [0.2, 0.25) is 5.91 Å². The standard InChI is InChI=1S/C34H31FN2O2/c35-27-15-13-24(14-16-27)21-37-22-32(30-11-4-5-12-33(30)37)31(20-34(38)36-28-17-18-28)26-9-6-10-29(19-26)39-23-25-7-2-1-3-8-25/h1-16,19,22,28,31H,17-18,20-21,23H2,(H,36,38). The minimum Gasteiger partial charge on any atom is -0.489 e. The number of amides is 1. The lowest BCUT2D eigenvalue weighted by atomic mass is 9.88. The fourth-order valence-corrected chi connectivity index (χ4v) is 5.14. The maximum Gasteiger partial charge on any atom is 0.221 e. The number of hydrogen-bond donors (Lipinski definition) is 1. The number of carbonyl (C=O) groups excluding carboxylic acids is 1. The summed E-state index contributed by atoms with van der Waals surface area (Å²) in [7, 11) is 0. The molecule has 1 aromatic heterocycles. The number of hydrogen-bond acceptors (Lipinski definition) is 2. The van der Waals surface area contributed by atoms with Gasteiger partial charge in [-0.15, -0.1) is 0 Å². The molecular formula is C34H31FN2O2. The van der Waals surface area contributed by atoms with Gasteiger partial charge in [-0.1, -0.05) is 72.8 Å². The lowest BCUT2D eigenvalue weighted by Gasteiger charge is -2.18. The van der Waals surface area contributed by atoms with E-state index in [2.05, 4.69) is 40.3 Å². The summed E-state index contributed by atoms with van der Waals surface area (Å²) in [5.74, 6) is 0.448. The van der Waals surface area contributed by atoms with Gasteiger partial charge in [-0.2, -0.15) is 0 Å². The number of halogens is 1. The van der Waals surface area contributed by atoms with Crippen LogP contribution in [-0.2, 0) is 17.9 Å². The van der Waals surface area contributed by atoms with Gasteiger partial charge >= 0.3 is 0 Å². The zero-order valence-corrected chi connectivity index (χ0v) is 21.7. The zero-order valence-electron chi connectivity index (χ0n) is 21.7. The number of para-hydroxylation sites is 1. The largest absolute Gasteiger partial charge is 0.489 e. The summed E-state index contributed by atoms with van der Waals surface area (Å²) in [6.07, 6.45) is 4.61. The third kappa shape index (κ3) is 6.04. The average Bonchev–Trinajstić information content (AvgIpc) is 3.71. The number of benzene rings is 4. The van der Waals surface area contributed by atoms with E-state index in [0.717, 1.165) is 51.7 Å². The fourth-order valence-electron chi connectivity index (χ4n) is 5.14. The van der Waals surface area contributed by atoms with Crippen molar-refractivity contribution in [3.8, 4) is 5.75 Å². The van der Waals surface area contributed by atoms with Gasteiger partial charge in [0.05, 0.1) is 0 Å². The third-order valence-corrected chi connectivity index (χ3v) is 7.30. The van der Waals surface area contributed by atoms with Crippen LogP contribution in [0.15, 0.2) is 109 Å². The van der Waals surface area contributed by atoms with Gasteiger partial charge in [-0.3, -0.25) is 4.79 Å². The Morgan fingerprint density at radius 1 is 0.897 bits per heavy atom. The second kappa shape index (κ2) is 11.2. The monoisotopic (exact) mass is 518 g/mol. The number of fused-ring (bicyclic) bond motifs is 1. The van der Waals surface area contributed by atoms with Crippen LogP contribution in [0.3, 0.4) is 0 Å². The van der Waals surface area contributed by atoms with E-state index in [9.17, 15) is 9.18 Å². The summed E-state index contributed by atoms with van der Waals surface area (Å²) >= 11 is 0. The van der Waals surface area contributed by atoms with Gasteiger partial charge in [0.15, 0.2) is 0 Å². The molecule has 1 aliphatic rings. The first-order valence-corrected chi connectivity index (χ1v) is 13.5. The Morgan fingerprint density at radius 2 is 1.67 bits per heavy atom. The zero-order chi connectivity index (χ0) is 26.6. The molecule has 0 radical (unpaired) electrons. The van der Waals surface area contributed by atoms with Crippen LogP contribution in [0.4, 0.5) is 4.39 Å². The van der Waals surface area contributed by atoms with E-state index >= 15 is 0 Å². The summed E-state index contributed by atoms with van der Waals surface area (Å²) in [4.78, 5) is 13.1. The first kappa shape index (κ1) is 24.9. The molecule has 0 bridgehead atoms. The van der Waals surface area contributed by atoms with Crippen molar-refractivity contribution in [3.05, 3.63) is 137 Å². The maximum atomic E-state index is 13.5. The topological polar surface area (TPSA) is 43.3 Å². The summed E-state index contributed by atoms with van der Waals surface area (Å²) < 4.78 is 21.9. The highest BCUT2D eigenvalue weighted by atomic mass is 19.1. The molecule has 39 heavy (non-hydrogen) atoms. The maximum absolute atomic E-state index is 13.5. The molecule has 1 heterocycles. The third-order valence-electron chi connectivity index (χ3n) is 7.30. The molecule has 1 amide bonds. The molecule has 4 aromatic carbocycles. The predicted molar refractivity (Wildman–Crippen MR) is 152 cm³/mol. The highest BCUT2D eigenvalue weighted by Crippen LogP contribution is 2.37. The molecule has 0 aliphatic heterocycles. The van der Waals surface area contributed by atoms with Gasteiger partial charge in [-0.05, 0) is 65.4 Å². The molecule has 1 N–H and O–H groups in total. The van der Waals surface area contributed by atoms with Crippen LogP contribution < -0.4 is 10.1 Å². The average molecular weight is 519 g/mol. The Bertz CT molecular complexity index is 1570. The number of carbonyl (C=O) groups is 1. The molecule has 4 nitrogen and oxygen atoms in total. The van der Waals surface area contributed by atoms with Crippen molar-refractivity contribution < 1.29 is 13.9 Å². The summed E-state index contributed by atoms with van der Waals surface area (Å²) in [6.45, 7) is 1.09. The van der Waals surface area contributed by atoms with Crippen LogP contribution in [0.25, 0.3) is 10.9 Å². The van der Waals surface area contributed by atoms with Crippen molar-refractivity contribution in [2.45, 2.75) is 44.4 Å². The molecule has 1 atom stereocenters. The van der Waals surface area contributed by atoms with Crippen LogP contribution in [0, 0.1) is 5.82 Å². The van der Waals surface area contributed by atoms with Gasteiger partial charge in [0.25, 0.3) is 0 Å². The Balaban J connectivity index is 1.35. The van der Waals surface area contributed by atoms with Gasteiger partial charge in [0, 0.05) is 42.0 Å². The quantitative estimate of drug-likeness (QED) is 0.212. The van der Waals surface area contributed by atoms with Crippen molar-refractivity contribution >= 4 is 16.8 Å². The van der Waals surface area contributed by atoms with Crippen LogP contribution in [0.1, 0.15) is 47.4 Å². The van der Waals surface area contributed by atoms with Gasteiger partial charge in [-0.25, -0.2) is 4.39 Å². The lowest BCUT2D eigenvalue weighted by Crippen LogP contribution is -2.27. The van der Waals surface area contributed by atoms with Gasteiger partial charge in [0.1, 0.15) is 18.2 Å². The number of ether oxygens (including phenoxy) is 1. The summed E-state index contributed by atoms with van der Waals surface area (Å²) in [5, 5.41) is 4.28. The van der Waals surface area contributed by atoms with Crippen molar-refractivity contribution in [1.82, 2.24) is 9.88 Å². The molecule has 1 aliphatic carbocycles. The van der Waals surface area contributed by atoms with Gasteiger partial charge < -0.3 is 14.6 Å². The SMILES string of the molecule is O=C(CC(c1cccc(OCc2ccccc2)c1)c1cn(Cc2ccc(F)cc2)c2ccccc12)NC1CC1. The minimum absolute atomic E-state index is 0.0634. The Kier molecular flexibility index (Phi) is 7.13. The number of aromatic nitrogens is 1. The van der Waals surface area contributed by atoms with Crippen LogP contribution >= 0.6 is 0 Å². The summed E-state index contributed by atoms with van der Waals surface area (Å²) in [5.41, 5.74) is 5.34. The number of nitrogens with one attached hydrogen (secondary N) is 1. The summed E-state index contributed by atoms with van der Waals surface area (Å²) in [6, 6.07) is 33.4. The van der Waals surface area contributed by atoms with Crippen molar-refractivity contribution in [3.63, 3.8) is 0 Å². The van der Waals surface area contributed by atoms with E-state index in [0.29, 0.717) is 25.6 Å². The highest BCUT2D eigenvalue weighted by molar-refractivity contribution is 5.87. The van der Waals surface area contributed by atoms with Crippen molar-refractivity contribution in [2.24, 2.45) is 0 Å². The predicted octanol–water partition coefficient (Wildman–Crippen LogP) is 7.21. The minimum atomic E-state index is -0.243. The van der Waals surface area contributed by atoms with E-state index in [1.165, 1.54) is 12.1 Å². The Hall–Kier alpha value is -4.38. The normalized spacial score (nSPS) is 13.8. The molecule has 0 saturated heterocycles. The van der Waals surface area contributed by atoms with Crippen molar-refractivity contribution in [2.75, 3.05) is 0 Å². The number of rotatable bonds is 10. The molecule has 5 aromatic rings. The van der Waals surface area contributed by atoms with E-state index < -0.39 is 0 Å². The smallest absolute Gasteiger partial charge is 0.221 e. The Labute approximate surface area is 228 Å². The first-order chi connectivity index (χ1) is 19.1. The van der Waals surface area contributed by atoms with Crippen LogP contribution in [-0.4, -0.2) is 16.5 Å². The van der Waals surface area contributed by atoms with E-state index in [1.807, 2.05) is 66.7 Å². The first-order valence-electron chi connectivity index (χ1n) is 13.5. The second-order valence-electron chi connectivity index (χ2n) is 10.3. The molecule has 1 fully saturated rings. The molecule has 6 rings (SSSR count). The molecule has 1 unspecified atom stereocenters. The second-order valence-corrected chi connectivity index (χ2v) is 10.3. The van der Waals surface area contributed by atoms with Crippen LogP contribution in [0.5, 0.6) is 5.75 Å². The highest BCUT2D eigenvalue weighted by Gasteiger charge is 2.27. The fraction of sp³-hybridized carbons (Fsp3) is 0.206. The molecular weight excluding hydrogens is 487 g/mol. The molecule has 0 spiro atoms.